The van der Waals surface area contributed by atoms with Gasteiger partial charge in [0, 0.05) is 33.5 Å². The lowest BCUT2D eigenvalue weighted by Gasteiger charge is -2.29. The van der Waals surface area contributed by atoms with Gasteiger partial charge in [0.05, 0.1) is 11.4 Å². The molecule has 0 aliphatic rings. The fourth-order valence-electron chi connectivity index (χ4n) is 9.51. The molecule has 0 aliphatic heterocycles. The highest BCUT2D eigenvalue weighted by Crippen LogP contribution is 2.48. The highest BCUT2D eigenvalue weighted by molar-refractivity contribution is 6.28. The van der Waals surface area contributed by atoms with Gasteiger partial charge in [0.25, 0.3) is 0 Å². The van der Waals surface area contributed by atoms with E-state index in [1.54, 1.807) is 0 Å². The van der Waals surface area contributed by atoms with Crippen molar-refractivity contribution in [3.63, 3.8) is 0 Å². The molecule has 0 saturated heterocycles. The standard InChI is InChI=1S/C60H40N2/c1-3-11-41(12-4-1)45-19-29-51(30-20-45)61(53-33-23-43-15-7-9-17-49(43)39-53)57-37-27-47-26-36-56-58(38-28-48-25-35-55(57)59(47)60(48)56)62(54-34-24-44-16-8-10-18-50(44)40-54)52-31-21-46(22-32-52)42-13-5-2-6-14-42/h1-40H. The number of rotatable bonds is 8. The van der Waals surface area contributed by atoms with Crippen molar-refractivity contribution in [2.75, 3.05) is 9.80 Å². The van der Waals surface area contributed by atoms with Crippen LogP contribution in [0, 0.1) is 0 Å². The van der Waals surface area contributed by atoms with Gasteiger partial charge in [-0.2, -0.15) is 0 Å². The van der Waals surface area contributed by atoms with Crippen LogP contribution >= 0.6 is 0 Å². The largest absolute Gasteiger partial charge is 0.310 e. The van der Waals surface area contributed by atoms with E-state index in [1.165, 1.54) is 76.1 Å². The van der Waals surface area contributed by atoms with Crippen molar-refractivity contribution in [3.05, 3.63) is 243 Å². The van der Waals surface area contributed by atoms with Gasteiger partial charge in [-0.25, -0.2) is 0 Å². The molecule has 0 spiro atoms. The molecule has 62 heavy (non-hydrogen) atoms. The number of benzene rings is 12. The summed E-state index contributed by atoms with van der Waals surface area (Å²) in [7, 11) is 0. The van der Waals surface area contributed by atoms with E-state index in [-0.39, 0.29) is 0 Å². The van der Waals surface area contributed by atoms with E-state index in [9.17, 15) is 0 Å². The number of hydrogen-bond donors (Lipinski definition) is 0. The fraction of sp³-hybridized carbons (Fsp3) is 0. The first-order chi connectivity index (χ1) is 30.7. The summed E-state index contributed by atoms with van der Waals surface area (Å²) in [6, 6.07) is 88.6. The summed E-state index contributed by atoms with van der Waals surface area (Å²) in [4.78, 5) is 4.87. The molecule has 0 heterocycles. The number of nitrogens with zero attached hydrogens (tertiary/aromatic N) is 2. The predicted octanol–water partition coefficient (Wildman–Crippen LogP) is 17.2. The molecule has 0 unspecified atom stereocenters. The summed E-state index contributed by atoms with van der Waals surface area (Å²) < 4.78 is 0. The Hall–Kier alpha value is -8.20. The molecule has 0 amide bonds. The van der Waals surface area contributed by atoms with Gasteiger partial charge in [-0.05, 0) is 126 Å². The first kappa shape index (κ1) is 35.7. The minimum Gasteiger partial charge on any atom is -0.310 e. The van der Waals surface area contributed by atoms with E-state index in [0.717, 1.165) is 34.1 Å². The Kier molecular flexibility index (Phi) is 8.53. The molecular formula is C60H40N2. The van der Waals surface area contributed by atoms with E-state index >= 15 is 0 Å². The zero-order valence-corrected chi connectivity index (χ0v) is 34.0. The van der Waals surface area contributed by atoms with Gasteiger partial charge < -0.3 is 9.80 Å². The van der Waals surface area contributed by atoms with E-state index in [4.69, 9.17) is 0 Å². The molecule has 0 saturated carbocycles. The van der Waals surface area contributed by atoms with E-state index in [1.807, 2.05) is 0 Å². The van der Waals surface area contributed by atoms with Crippen molar-refractivity contribution in [2.45, 2.75) is 0 Å². The van der Waals surface area contributed by atoms with Gasteiger partial charge in [0.1, 0.15) is 0 Å². The quantitative estimate of drug-likeness (QED) is 0.142. The third-order valence-corrected chi connectivity index (χ3v) is 12.5. The van der Waals surface area contributed by atoms with Gasteiger partial charge in [0.15, 0.2) is 0 Å². The van der Waals surface area contributed by atoms with Crippen molar-refractivity contribution in [1.82, 2.24) is 0 Å². The van der Waals surface area contributed by atoms with Crippen LogP contribution in [0.5, 0.6) is 0 Å². The van der Waals surface area contributed by atoms with Gasteiger partial charge in [-0.3, -0.25) is 0 Å². The Labute approximate surface area is 361 Å². The van der Waals surface area contributed by atoms with Crippen LogP contribution in [-0.2, 0) is 0 Å². The maximum absolute atomic E-state index is 2.43. The normalized spacial score (nSPS) is 11.5. The molecule has 0 aliphatic carbocycles. The molecule has 0 radical (unpaired) electrons. The topological polar surface area (TPSA) is 6.48 Å². The molecule has 0 aromatic heterocycles. The summed E-state index contributed by atoms with van der Waals surface area (Å²) in [5, 5.41) is 12.3. The Morgan fingerprint density at radius 1 is 0.210 bits per heavy atom. The first-order valence-electron chi connectivity index (χ1n) is 21.3. The average molecular weight is 789 g/mol. The van der Waals surface area contributed by atoms with Gasteiger partial charge in [-0.15, -0.1) is 0 Å². The molecule has 0 N–H and O–H groups in total. The zero-order valence-electron chi connectivity index (χ0n) is 34.0. The highest BCUT2D eigenvalue weighted by atomic mass is 15.1. The Morgan fingerprint density at radius 2 is 0.532 bits per heavy atom. The SMILES string of the molecule is c1ccc(-c2ccc(N(c3ccc4ccccc4c3)c3ccc4ccc5c(N(c6ccc(-c7ccccc7)cc6)c6ccc7ccccc7c6)ccc6ccc3c4c65)cc2)cc1. The van der Waals surface area contributed by atoms with Gasteiger partial charge >= 0.3 is 0 Å². The lowest BCUT2D eigenvalue weighted by atomic mass is 9.91. The van der Waals surface area contributed by atoms with Gasteiger partial charge in [0.2, 0.25) is 0 Å². The van der Waals surface area contributed by atoms with E-state index in [2.05, 4.69) is 252 Å². The second kappa shape index (κ2) is 14.8. The van der Waals surface area contributed by atoms with Crippen molar-refractivity contribution < 1.29 is 0 Å². The molecule has 0 bridgehead atoms. The van der Waals surface area contributed by atoms with Crippen molar-refractivity contribution >= 4 is 88.0 Å². The molecule has 12 rings (SSSR count). The van der Waals surface area contributed by atoms with E-state index < -0.39 is 0 Å². The van der Waals surface area contributed by atoms with Crippen LogP contribution in [-0.4, -0.2) is 0 Å². The molecule has 2 nitrogen and oxygen atoms in total. The van der Waals surface area contributed by atoms with Crippen molar-refractivity contribution in [2.24, 2.45) is 0 Å². The van der Waals surface area contributed by atoms with E-state index in [0.29, 0.717) is 0 Å². The number of fused-ring (bicyclic) bond motifs is 2. The second-order valence-corrected chi connectivity index (χ2v) is 16.2. The van der Waals surface area contributed by atoms with Crippen LogP contribution in [0.15, 0.2) is 243 Å². The third-order valence-electron chi connectivity index (χ3n) is 12.5. The lowest BCUT2D eigenvalue weighted by molar-refractivity contribution is 1.30. The monoisotopic (exact) mass is 788 g/mol. The van der Waals surface area contributed by atoms with Crippen molar-refractivity contribution in [3.8, 4) is 22.3 Å². The van der Waals surface area contributed by atoms with Crippen LogP contribution in [0.3, 0.4) is 0 Å². The number of hydrogen-bond acceptors (Lipinski definition) is 2. The Bertz CT molecular complexity index is 3320. The molecular weight excluding hydrogens is 749 g/mol. The van der Waals surface area contributed by atoms with Crippen LogP contribution in [0.2, 0.25) is 0 Å². The molecule has 12 aromatic rings. The summed E-state index contributed by atoms with van der Waals surface area (Å²) in [5.74, 6) is 0. The van der Waals surface area contributed by atoms with Crippen LogP contribution in [0.4, 0.5) is 34.1 Å². The zero-order chi connectivity index (χ0) is 41.0. The summed E-state index contributed by atoms with van der Waals surface area (Å²) in [5.41, 5.74) is 11.5. The minimum absolute atomic E-state index is 1.11. The Balaban J connectivity index is 1.06. The maximum atomic E-state index is 2.43. The van der Waals surface area contributed by atoms with Crippen molar-refractivity contribution in [1.29, 1.82) is 0 Å². The fourth-order valence-corrected chi connectivity index (χ4v) is 9.51. The Morgan fingerprint density at radius 3 is 0.952 bits per heavy atom. The predicted molar refractivity (Wildman–Crippen MR) is 265 cm³/mol. The summed E-state index contributed by atoms with van der Waals surface area (Å²) in [6.45, 7) is 0. The van der Waals surface area contributed by atoms with Crippen LogP contribution in [0.1, 0.15) is 0 Å². The van der Waals surface area contributed by atoms with Crippen LogP contribution in [0.25, 0.3) is 76.1 Å². The number of anilines is 6. The molecule has 0 atom stereocenters. The second-order valence-electron chi connectivity index (χ2n) is 16.2. The molecule has 12 aromatic carbocycles. The molecule has 2 heteroatoms. The maximum Gasteiger partial charge on any atom is 0.0540 e. The third kappa shape index (κ3) is 6.12. The van der Waals surface area contributed by atoms with Gasteiger partial charge in [-0.1, -0.05) is 182 Å². The van der Waals surface area contributed by atoms with Crippen LogP contribution < -0.4 is 9.80 Å². The first-order valence-corrected chi connectivity index (χ1v) is 21.3. The minimum atomic E-state index is 1.11. The smallest absolute Gasteiger partial charge is 0.0540 e. The molecule has 0 fully saturated rings. The average Bonchev–Trinajstić information content (AvgIpc) is 3.35. The lowest BCUT2D eigenvalue weighted by Crippen LogP contribution is -2.11. The summed E-state index contributed by atoms with van der Waals surface area (Å²) in [6.07, 6.45) is 0. The molecule has 290 valence electrons. The summed E-state index contributed by atoms with van der Waals surface area (Å²) >= 11 is 0. The highest BCUT2D eigenvalue weighted by Gasteiger charge is 2.22.